The molecule has 0 aromatic heterocycles. The quantitative estimate of drug-likeness (QED) is 0.774. The summed E-state index contributed by atoms with van der Waals surface area (Å²) in [5.41, 5.74) is 1.32. The second-order valence-electron chi connectivity index (χ2n) is 8.90. The fourth-order valence-corrected chi connectivity index (χ4v) is 5.03. The van der Waals surface area contributed by atoms with Gasteiger partial charge >= 0.3 is 0 Å². The summed E-state index contributed by atoms with van der Waals surface area (Å²) < 4.78 is 5.82. The van der Waals surface area contributed by atoms with Crippen molar-refractivity contribution < 1.29 is 19.1 Å². The molecular weight excluding hydrogens is 396 g/mol. The van der Waals surface area contributed by atoms with E-state index in [1.807, 2.05) is 23.1 Å². The van der Waals surface area contributed by atoms with Gasteiger partial charge in [0.05, 0.1) is 23.6 Å². The Morgan fingerprint density at radius 1 is 1.10 bits per heavy atom. The summed E-state index contributed by atoms with van der Waals surface area (Å²) in [5, 5.41) is 2.78. The summed E-state index contributed by atoms with van der Waals surface area (Å²) in [6.07, 6.45) is 2.69. The van der Waals surface area contributed by atoms with Crippen LogP contribution < -0.4 is 10.2 Å². The lowest BCUT2D eigenvalue weighted by Crippen LogP contribution is -2.51. The molecule has 3 heterocycles. The Labute approximate surface area is 183 Å². The highest BCUT2D eigenvalue weighted by atomic mass is 16.5. The number of hydrogen-bond donors (Lipinski definition) is 1. The van der Waals surface area contributed by atoms with E-state index in [4.69, 9.17) is 4.74 Å². The predicted octanol–water partition coefficient (Wildman–Crippen LogP) is 1.85. The van der Waals surface area contributed by atoms with Gasteiger partial charge < -0.3 is 19.9 Å². The minimum absolute atomic E-state index is 0.0101. The molecule has 8 heteroatoms. The molecule has 0 aliphatic carbocycles. The highest BCUT2D eigenvalue weighted by molar-refractivity contribution is 6.10. The average Bonchev–Trinajstić information content (AvgIpc) is 3.18. The molecule has 8 nitrogen and oxygen atoms in total. The topological polar surface area (TPSA) is 82.2 Å². The number of nitrogens with one attached hydrogen (secondary N) is 1. The minimum Gasteiger partial charge on any atom is -0.373 e. The maximum atomic E-state index is 13.0. The molecule has 2 fully saturated rings. The van der Waals surface area contributed by atoms with Gasteiger partial charge in [-0.1, -0.05) is 12.1 Å². The Morgan fingerprint density at radius 3 is 2.58 bits per heavy atom. The number of amides is 3. The lowest BCUT2D eigenvalue weighted by Gasteiger charge is -2.38. The maximum Gasteiger partial charge on any atom is 0.244 e. The van der Waals surface area contributed by atoms with Crippen LogP contribution in [0.5, 0.6) is 0 Å². The number of nitrogens with zero attached hydrogens (tertiary/aromatic N) is 3. The first-order chi connectivity index (χ1) is 14.9. The van der Waals surface area contributed by atoms with Gasteiger partial charge in [0.1, 0.15) is 6.54 Å². The van der Waals surface area contributed by atoms with Crippen molar-refractivity contribution in [2.45, 2.75) is 57.8 Å². The first kappa shape index (κ1) is 21.8. The standard InChI is InChI=1S/C23H32N4O4/c1-16-12-25(13-17(2)31-16)14-18-6-5-11-26(18)22(29)9-10-23(30)27-15-21(28)24-19-7-3-4-8-20(19)27/h3-4,7-8,16-18H,5-6,9-15H2,1-2H3,(H,24,28). The molecule has 3 unspecified atom stereocenters. The van der Waals surface area contributed by atoms with Crippen molar-refractivity contribution in [3.8, 4) is 0 Å². The maximum absolute atomic E-state index is 13.0. The highest BCUT2D eigenvalue weighted by Crippen LogP contribution is 2.29. The van der Waals surface area contributed by atoms with Crippen LogP contribution >= 0.6 is 0 Å². The van der Waals surface area contributed by atoms with Crippen molar-refractivity contribution in [1.82, 2.24) is 9.80 Å². The third kappa shape index (κ3) is 5.07. The van der Waals surface area contributed by atoms with E-state index in [0.717, 1.165) is 39.0 Å². The number of rotatable bonds is 5. The Kier molecular flexibility index (Phi) is 6.57. The SMILES string of the molecule is CC1CN(CC2CCCN2C(=O)CCC(=O)N2CC(=O)Nc3ccccc32)CC(C)O1. The molecule has 1 aromatic rings. The summed E-state index contributed by atoms with van der Waals surface area (Å²) in [4.78, 5) is 43.6. The lowest BCUT2D eigenvalue weighted by atomic mass is 10.1. The summed E-state index contributed by atoms with van der Waals surface area (Å²) >= 11 is 0. The summed E-state index contributed by atoms with van der Waals surface area (Å²) in [7, 11) is 0. The molecule has 2 saturated heterocycles. The van der Waals surface area contributed by atoms with Gasteiger partial charge in [0.2, 0.25) is 17.7 Å². The number of likely N-dealkylation sites (tertiary alicyclic amines) is 1. The number of fused-ring (bicyclic) bond motifs is 1. The van der Waals surface area contributed by atoms with Crippen LogP contribution in [0, 0.1) is 0 Å². The van der Waals surface area contributed by atoms with E-state index in [1.165, 1.54) is 4.90 Å². The number of anilines is 2. The Morgan fingerprint density at radius 2 is 1.81 bits per heavy atom. The second kappa shape index (κ2) is 9.36. The molecule has 0 saturated carbocycles. The fourth-order valence-electron chi connectivity index (χ4n) is 5.03. The number of morpholine rings is 1. The zero-order valence-electron chi connectivity index (χ0n) is 18.4. The molecule has 1 N–H and O–H groups in total. The molecule has 4 rings (SSSR count). The second-order valence-corrected chi connectivity index (χ2v) is 8.90. The molecule has 3 aliphatic heterocycles. The van der Waals surface area contributed by atoms with E-state index in [-0.39, 0.29) is 55.4 Å². The molecule has 0 radical (unpaired) electrons. The van der Waals surface area contributed by atoms with E-state index >= 15 is 0 Å². The molecule has 0 bridgehead atoms. The zero-order valence-corrected chi connectivity index (χ0v) is 18.4. The third-order valence-electron chi connectivity index (χ3n) is 6.29. The lowest BCUT2D eigenvalue weighted by molar-refractivity contribution is -0.134. The van der Waals surface area contributed by atoms with Gasteiger partial charge in [-0.25, -0.2) is 0 Å². The van der Waals surface area contributed by atoms with Crippen LogP contribution in [0.25, 0.3) is 0 Å². The molecule has 168 valence electrons. The van der Waals surface area contributed by atoms with Crippen molar-refractivity contribution in [2.75, 3.05) is 42.9 Å². The van der Waals surface area contributed by atoms with Crippen LogP contribution in [-0.4, -0.2) is 78.5 Å². The molecule has 1 aromatic carbocycles. The normalized spacial score (nSPS) is 26.5. The molecule has 3 amide bonds. The Hall–Kier alpha value is -2.45. The van der Waals surface area contributed by atoms with Gasteiger partial charge in [0, 0.05) is 45.1 Å². The number of benzene rings is 1. The molecule has 0 spiro atoms. The van der Waals surface area contributed by atoms with Gasteiger partial charge in [0.25, 0.3) is 0 Å². The first-order valence-electron chi connectivity index (χ1n) is 11.3. The summed E-state index contributed by atoms with van der Waals surface area (Å²) in [5.74, 6) is -0.380. The van der Waals surface area contributed by atoms with E-state index < -0.39 is 0 Å². The van der Waals surface area contributed by atoms with Crippen LogP contribution in [0.1, 0.15) is 39.5 Å². The van der Waals surface area contributed by atoms with Crippen LogP contribution in [-0.2, 0) is 19.1 Å². The minimum atomic E-state index is -0.216. The molecule has 3 atom stereocenters. The predicted molar refractivity (Wildman–Crippen MR) is 118 cm³/mol. The Balaban J connectivity index is 1.33. The van der Waals surface area contributed by atoms with Crippen LogP contribution in [0.2, 0.25) is 0 Å². The van der Waals surface area contributed by atoms with Crippen LogP contribution in [0.3, 0.4) is 0 Å². The third-order valence-corrected chi connectivity index (χ3v) is 6.29. The molecule has 31 heavy (non-hydrogen) atoms. The van der Waals surface area contributed by atoms with E-state index in [1.54, 1.807) is 6.07 Å². The number of carbonyl (C=O) groups excluding carboxylic acids is 3. The van der Waals surface area contributed by atoms with E-state index in [0.29, 0.717) is 11.4 Å². The van der Waals surface area contributed by atoms with Gasteiger partial charge in [-0.15, -0.1) is 0 Å². The fraction of sp³-hybridized carbons (Fsp3) is 0.609. The van der Waals surface area contributed by atoms with E-state index in [2.05, 4.69) is 24.1 Å². The Bertz CT molecular complexity index is 835. The number of carbonyl (C=O) groups is 3. The summed E-state index contributed by atoms with van der Waals surface area (Å²) in [6.45, 7) is 7.55. The van der Waals surface area contributed by atoms with Gasteiger partial charge in [-0.3, -0.25) is 19.3 Å². The van der Waals surface area contributed by atoms with Crippen molar-refractivity contribution >= 4 is 29.1 Å². The smallest absolute Gasteiger partial charge is 0.244 e. The number of ether oxygens (including phenoxy) is 1. The first-order valence-corrected chi connectivity index (χ1v) is 11.3. The largest absolute Gasteiger partial charge is 0.373 e. The highest BCUT2D eigenvalue weighted by Gasteiger charge is 2.33. The number of para-hydroxylation sites is 2. The van der Waals surface area contributed by atoms with Crippen molar-refractivity contribution in [3.63, 3.8) is 0 Å². The van der Waals surface area contributed by atoms with Gasteiger partial charge in [0.15, 0.2) is 0 Å². The monoisotopic (exact) mass is 428 g/mol. The molecular formula is C23H32N4O4. The summed E-state index contributed by atoms with van der Waals surface area (Å²) in [6, 6.07) is 7.45. The molecule has 3 aliphatic rings. The average molecular weight is 429 g/mol. The zero-order chi connectivity index (χ0) is 22.0. The van der Waals surface area contributed by atoms with Crippen molar-refractivity contribution in [3.05, 3.63) is 24.3 Å². The van der Waals surface area contributed by atoms with Crippen LogP contribution in [0.15, 0.2) is 24.3 Å². The van der Waals surface area contributed by atoms with E-state index in [9.17, 15) is 14.4 Å². The van der Waals surface area contributed by atoms with Crippen molar-refractivity contribution in [2.24, 2.45) is 0 Å². The van der Waals surface area contributed by atoms with Gasteiger partial charge in [-0.05, 0) is 38.8 Å². The van der Waals surface area contributed by atoms with Crippen molar-refractivity contribution in [1.29, 1.82) is 0 Å². The van der Waals surface area contributed by atoms with Gasteiger partial charge in [-0.2, -0.15) is 0 Å². The number of hydrogen-bond acceptors (Lipinski definition) is 5. The van der Waals surface area contributed by atoms with Crippen LogP contribution in [0.4, 0.5) is 11.4 Å².